The standard InChI is InChI=1S/C10H4ClF2N3O3/c11-9-10(15-2-1-14-9)19-8-4-5(12)7(16(17)18)3-6(8)13/h1-4H. The minimum absolute atomic E-state index is 0.152. The van der Waals surface area contributed by atoms with Crippen LogP contribution in [-0.2, 0) is 0 Å². The molecule has 0 amide bonds. The normalized spacial score (nSPS) is 10.3. The second-order valence-electron chi connectivity index (χ2n) is 3.25. The molecule has 19 heavy (non-hydrogen) atoms. The second kappa shape index (κ2) is 5.11. The molecule has 1 aromatic heterocycles. The predicted molar refractivity (Wildman–Crippen MR) is 60.1 cm³/mol. The molecule has 0 saturated heterocycles. The SMILES string of the molecule is O=[N+]([O-])c1cc(F)c(Oc2nccnc2Cl)cc1F. The molecule has 0 aliphatic heterocycles. The lowest BCUT2D eigenvalue weighted by Gasteiger charge is -2.06. The maximum atomic E-state index is 13.5. The Morgan fingerprint density at radius 3 is 2.53 bits per heavy atom. The quantitative estimate of drug-likeness (QED) is 0.640. The Morgan fingerprint density at radius 1 is 1.21 bits per heavy atom. The highest BCUT2D eigenvalue weighted by Crippen LogP contribution is 2.31. The lowest BCUT2D eigenvalue weighted by molar-refractivity contribution is -0.387. The van der Waals surface area contributed by atoms with E-state index < -0.39 is 28.0 Å². The third-order valence-electron chi connectivity index (χ3n) is 2.03. The van der Waals surface area contributed by atoms with Crippen LogP contribution in [0, 0.1) is 21.7 Å². The summed E-state index contributed by atoms with van der Waals surface area (Å²) in [6.07, 6.45) is 2.52. The monoisotopic (exact) mass is 287 g/mol. The van der Waals surface area contributed by atoms with Crippen LogP contribution >= 0.6 is 11.6 Å². The number of nitrogens with zero attached hydrogens (tertiary/aromatic N) is 3. The second-order valence-corrected chi connectivity index (χ2v) is 3.60. The minimum atomic E-state index is -1.23. The molecule has 1 aromatic carbocycles. The Balaban J connectivity index is 2.39. The number of nitro benzene ring substituents is 1. The Labute approximate surface area is 109 Å². The van der Waals surface area contributed by atoms with E-state index in [-0.39, 0.29) is 11.0 Å². The van der Waals surface area contributed by atoms with Crippen LogP contribution in [0.25, 0.3) is 0 Å². The third-order valence-corrected chi connectivity index (χ3v) is 2.29. The summed E-state index contributed by atoms with van der Waals surface area (Å²) in [5, 5.41) is 10.3. The average molecular weight is 288 g/mol. The highest BCUT2D eigenvalue weighted by molar-refractivity contribution is 6.30. The van der Waals surface area contributed by atoms with Crippen LogP contribution in [0.5, 0.6) is 11.6 Å². The third kappa shape index (κ3) is 2.74. The first kappa shape index (κ1) is 13.1. The van der Waals surface area contributed by atoms with E-state index in [1.165, 1.54) is 12.4 Å². The summed E-state index contributed by atoms with van der Waals surface area (Å²) in [4.78, 5) is 16.7. The van der Waals surface area contributed by atoms with Crippen molar-refractivity contribution in [3.05, 3.63) is 51.4 Å². The Kier molecular flexibility index (Phi) is 3.52. The van der Waals surface area contributed by atoms with Crippen LogP contribution in [0.15, 0.2) is 24.5 Å². The molecule has 0 aliphatic carbocycles. The number of benzene rings is 1. The van der Waals surface area contributed by atoms with Crippen molar-refractivity contribution < 1.29 is 18.4 Å². The number of ether oxygens (including phenoxy) is 1. The number of halogens is 3. The van der Waals surface area contributed by atoms with Crippen LogP contribution < -0.4 is 4.74 Å². The molecule has 0 saturated carbocycles. The molecule has 0 radical (unpaired) electrons. The summed E-state index contributed by atoms with van der Waals surface area (Å²) >= 11 is 5.62. The molecule has 6 nitrogen and oxygen atoms in total. The molecule has 0 bridgehead atoms. The number of hydrogen-bond donors (Lipinski definition) is 0. The Bertz CT molecular complexity index is 654. The zero-order valence-electron chi connectivity index (χ0n) is 9.01. The summed E-state index contributed by atoms with van der Waals surface area (Å²) in [7, 11) is 0. The van der Waals surface area contributed by atoms with E-state index in [9.17, 15) is 18.9 Å². The van der Waals surface area contributed by atoms with Gasteiger partial charge in [0.15, 0.2) is 16.7 Å². The zero-order chi connectivity index (χ0) is 14.0. The van der Waals surface area contributed by atoms with Gasteiger partial charge in [-0.25, -0.2) is 14.4 Å². The van der Waals surface area contributed by atoms with Gasteiger partial charge in [-0.3, -0.25) is 10.1 Å². The molecule has 0 unspecified atom stereocenters. The van der Waals surface area contributed by atoms with Gasteiger partial charge in [0.1, 0.15) is 0 Å². The van der Waals surface area contributed by atoms with Gasteiger partial charge in [-0.15, -0.1) is 0 Å². The van der Waals surface area contributed by atoms with E-state index >= 15 is 0 Å². The van der Waals surface area contributed by atoms with Crippen LogP contribution in [0.2, 0.25) is 5.15 Å². The van der Waals surface area contributed by atoms with E-state index in [4.69, 9.17) is 16.3 Å². The van der Waals surface area contributed by atoms with Crippen molar-refractivity contribution in [1.29, 1.82) is 0 Å². The lowest BCUT2D eigenvalue weighted by atomic mass is 10.3. The smallest absolute Gasteiger partial charge is 0.307 e. The maximum Gasteiger partial charge on any atom is 0.307 e. The van der Waals surface area contributed by atoms with Gasteiger partial charge in [0.05, 0.1) is 11.0 Å². The first-order valence-electron chi connectivity index (χ1n) is 4.77. The van der Waals surface area contributed by atoms with Gasteiger partial charge in [0, 0.05) is 18.5 Å². The summed E-state index contributed by atoms with van der Waals surface area (Å²) < 4.78 is 31.8. The van der Waals surface area contributed by atoms with Crippen LogP contribution in [0.1, 0.15) is 0 Å². The molecule has 0 atom stereocenters. The fourth-order valence-electron chi connectivity index (χ4n) is 1.22. The number of aromatic nitrogens is 2. The number of nitro groups is 1. The van der Waals surface area contributed by atoms with Crippen molar-refractivity contribution >= 4 is 17.3 Å². The van der Waals surface area contributed by atoms with Crippen molar-refractivity contribution in [2.45, 2.75) is 0 Å². The van der Waals surface area contributed by atoms with Crippen molar-refractivity contribution in [3.8, 4) is 11.6 Å². The molecule has 0 spiro atoms. The van der Waals surface area contributed by atoms with Crippen molar-refractivity contribution in [1.82, 2.24) is 9.97 Å². The van der Waals surface area contributed by atoms with Crippen molar-refractivity contribution in [2.24, 2.45) is 0 Å². The van der Waals surface area contributed by atoms with Crippen molar-refractivity contribution in [2.75, 3.05) is 0 Å². The Hall–Kier alpha value is -2.35. The lowest BCUT2D eigenvalue weighted by Crippen LogP contribution is -1.98. The van der Waals surface area contributed by atoms with Gasteiger partial charge >= 0.3 is 5.69 Å². The average Bonchev–Trinajstić information content (AvgIpc) is 2.35. The molecule has 2 rings (SSSR count). The van der Waals surface area contributed by atoms with Crippen molar-refractivity contribution in [3.63, 3.8) is 0 Å². The summed E-state index contributed by atoms with van der Waals surface area (Å²) in [6.45, 7) is 0. The molecule has 98 valence electrons. The predicted octanol–water partition coefficient (Wildman–Crippen LogP) is 3.11. The first-order chi connectivity index (χ1) is 8.99. The minimum Gasteiger partial charge on any atom is -0.433 e. The van der Waals surface area contributed by atoms with Gasteiger partial charge in [-0.2, -0.15) is 4.39 Å². The summed E-state index contributed by atoms with van der Waals surface area (Å²) in [6, 6.07) is 0.952. The van der Waals surface area contributed by atoms with Gasteiger partial charge in [-0.1, -0.05) is 11.6 Å². The molecular formula is C10H4ClF2N3O3. The zero-order valence-corrected chi connectivity index (χ0v) is 9.77. The molecule has 1 heterocycles. The largest absolute Gasteiger partial charge is 0.433 e. The van der Waals surface area contributed by atoms with Gasteiger partial charge in [-0.05, 0) is 0 Å². The van der Waals surface area contributed by atoms with E-state index in [1.54, 1.807) is 0 Å². The van der Waals surface area contributed by atoms with Gasteiger partial charge in [0.2, 0.25) is 5.82 Å². The van der Waals surface area contributed by atoms with Gasteiger partial charge in [0.25, 0.3) is 5.88 Å². The highest BCUT2D eigenvalue weighted by atomic mass is 35.5. The van der Waals surface area contributed by atoms with Crippen LogP contribution in [0.4, 0.5) is 14.5 Å². The number of rotatable bonds is 3. The topological polar surface area (TPSA) is 78.2 Å². The van der Waals surface area contributed by atoms with E-state index in [1.807, 2.05) is 0 Å². The van der Waals surface area contributed by atoms with Crippen LogP contribution in [0.3, 0.4) is 0 Å². The first-order valence-corrected chi connectivity index (χ1v) is 5.14. The summed E-state index contributed by atoms with van der Waals surface area (Å²) in [5.41, 5.74) is -0.991. The molecule has 0 fully saturated rings. The van der Waals surface area contributed by atoms with Gasteiger partial charge < -0.3 is 4.74 Å². The number of hydrogen-bond acceptors (Lipinski definition) is 5. The summed E-state index contributed by atoms with van der Waals surface area (Å²) in [5.74, 6) is -3.17. The molecule has 0 N–H and O–H groups in total. The maximum absolute atomic E-state index is 13.5. The van der Waals surface area contributed by atoms with E-state index in [0.29, 0.717) is 12.1 Å². The van der Waals surface area contributed by atoms with E-state index in [0.717, 1.165) is 0 Å². The molecule has 9 heteroatoms. The molecule has 0 aliphatic rings. The highest BCUT2D eigenvalue weighted by Gasteiger charge is 2.20. The molecular weight excluding hydrogens is 284 g/mol. The van der Waals surface area contributed by atoms with E-state index in [2.05, 4.69) is 9.97 Å². The fraction of sp³-hybridized carbons (Fsp3) is 0. The molecule has 2 aromatic rings. The van der Waals surface area contributed by atoms with Crippen LogP contribution in [-0.4, -0.2) is 14.9 Å². The fourth-order valence-corrected chi connectivity index (χ4v) is 1.36. The Morgan fingerprint density at radius 2 is 1.89 bits per heavy atom.